The van der Waals surface area contributed by atoms with E-state index in [1.54, 1.807) is 30.7 Å². The highest BCUT2D eigenvalue weighted by Gasteiger charge is 2.12. The molecular formula is C22H20N6O2. The quantitative estimate of drug-likeness (QED) is 0.438. The van der Waals surface area contributed by atoms with E-state index >= 15 is 0 Å². The first-order valence-corrected chi connectivity index (χ1v) is 9.36. The Bertz CT molecular complexity index is 1110. The summed E-state index contributed by atoms with van der Waals surface area (Å²) in [5, 5.41) is 2.91. The van der Waals surface area contributed by atoms with Crippen molar-refractivity contribution < 1.29 is 9.53 Å². The molecule has 8 heteroatoms. The molecule has 0 saturated carbocycles. The van der Waals surface area contributed by atoms with Gasteiger partial charge in [0, 0.05) is 48.6 Å². The fourth-order valence-electron chi connectivity index (χ4n) is 2.87. The van der Waals surface area contributed by atoms with Crippen LogP contribution in [0.15, 0.2) is 73.3 Å². The monoisotopic (exact) mass is 400 g/mol. The SMILES string of the molecule is NCc1ccc(-c2ncc[nH]2)cc1NC(=O)c1ccc(OCc2ccccn2)nc1. The van der Waals surface area contributed by atoms with Crippen LogP contribution in [-0.4, -0.2) is 25.8 Å². The molecule has 4 aromatic rings. The van der Waals surface area contributed by atoms with Crippen LogP contribution in [0.5, 0.6) is 5.88 Å². The average molecular weight is 400 g/mol. The molecule has 30 heavy (non-hydrogen) atoms. The lowest BCUT2D eigenvalue weighted by molar-refractivity contribution is 0.102. The number of nitrogens with zero attached hydrogens (tertiary/aromatic N) is 3. The van der Waals surface area contributed by atoms with Gasteiger partial charge in [0.1, 0.15) is 12.4 Å². The van der Waals surface area contributed by atoms with Crippen LogP contribution in [0.25, 0.3) is 11.4 Å². The number of pyridine rings is 2. The van der Waals surface area contributed by atoms with Crippen molar-refractivity contribution in [2.75, 3.05) is 5.32 Å². The maximum Gasteiger partial charge on any atom is 0.257 e. The number of H-pyrrole nitrogens is 1. The molecule has 0 aliphatic heterocycles. The molecule has 0 fully saturated rings. The van der Waals surface area contributed by atoms with Crippen LogP contribution in [0.2, 0.25) is 0 Å². The third-order valence-corrected chi connectivity index (χ3v) is 4.44. The lowest BCUT2D eigenvalue weighted by Crippen LogP contribution is -2.15. The Hall–Kier alpha value is -4.04. The molecule has 0 unspecified atom stereocenters. The normalized spacial score (nSPS) is 10.6. The lowest BCUT2D eigenvalue weighted by atomic mass is 10.1. The highest BCUT2D eigenvalue weighted by atomic mass is 16.5. The zero-order valence-electron chi connectivity index (χ0n) is 16.1. The van der Waals surface area contributed by atoms with Crippen LogP contribution < -0.4 is 15.8 Å². The second-order valence-electron chi connectivity index (χ2n) is 6.46. The number of imidazole rings is 1. The molecule has 1 aromatic carbocycles. The summed E-state index contributed by atoms with van der Waals surface area (Å²) in [6.07, 6.45) is 6.60. The predicted octanol–water partition coefficient (Wildman–Crippen LogP) is 3.16. The number of anilines is 1. The van der Waals surface area contributed by atoms with Crippen LogP contribution >= 0.6 is 0 Å². The molecule has 8 nitrogen and oxygen atoms in total. The van der Waals surface area contributed by atoms with Gasteiger partial charge in [0.25, 0.3) is 5.91 Å². The summed E-state index contributed by atoms with van der Waals surface area (Å²) in [5.74, 6) is 0.842. The van der Waals surface area contributed by atoms with E-state index in [1.165, 1.54) is 6.20 Å². The molecule has 0 aliphatic carbocycles. The Labute approximate surface area is 173 Å². The summed E-state index contributed by atoms with van der Waals surface area (Å²) in [5.41, 5.74) is 9.34. The van der Waals surface area contributed by atoms with Gasteiger partial charge in [-0.2, -0.15) is 0 Å². The largest absolute Gasteiger partial charge is 0.471 e. The smallest absolute Gasteiger partial charge is 0.257 e. The summed E-state index contributed by atoms with van der Waals surface area (Å²) >= 11 is 0. The third kappa shape index (κ3) is 4.50. The van der Waals surface area contributed by atoms with E-state index in [2.05, 4.69) is 25.3 Å². The van der Waals surface area contributed by atoms with Crippen LogP contribution in [-0.2, 0) is 13.2 Å². The van der Waals surface area contributed by atoms with E-state index in [0.29, 0.717) is 36.1 Å². The molecule has 4 rings (SSSR count). The molecule has 0 aliphatic rings. The molecule has 0 radical (unpaired) electrons. The van der Waals surface area contributed by atoms with Gasteiger partial charge in [-0.3, -0.25) is 9.78 Å². The topological polar surface area (TPSA) is 119 Å². The molecule has 3 heterocycles. The zero-order chi connectivity index (χ0) is 20.8. The van der Waals surface area contributed by atoms with Crippen molar-refractivity contribution in [3.8, 4) is 17.3 Å². The van der Waals surface area contributed by atoms with Gasteiger partial charge in [-0.25, -0.2) is 9.97 Å². The Balaban J connectivity index is 1.45. The fourth-order valence-corrected chi connectivity index (χ4v) is 2.87. The van der Waals surface area contributed by atoms with E-state index in [-0.39, 0.29) is 5.91 Å². The van der Waals surface area contributed by atoms with Gasteiger partial charge in [0.15, 0.2) is 0 Å². The van der Waals surface area contributed by atoms with Crippen molar-refractivity contribution in [3.05, 3.63) is 90.1 Å². The maximum atomic E-state index is 12.7. The van der Waals surface area contributed by atoms with Crippen LogP contribution in [0.3, 0.4) is 0 Å². The van der Waals surface area contributed by atoms with Crippen molar-refractivity contribution in [3.63, 3.8) is 0 Å². The lowest BCUT2D eigenvalue weighted by Gasteiger charge is -2.12. The summed E-state index contributed by atoms with van der Waals surface area (Å²) in [4.78, 5) is 28.4. The Kier molecular flexibility index (Phi) is 5.77. The minimum absolute atomic E-state index is 0.287. The number of nitrogens with one attached hydrogen (secondary N) is 2. The van der Waals surface area contributed by atoms with E-state index < -0.39 is 0 Å². The predicted molar refractivity (Wildman–Crippen MR) is 113 cm³/mol. The van der Waals surface area contributed by atoms with Gasteiger partial charge >= 0.3 is 0 Å². The highest BCUT2D eigenvalue weighted by Crippen LogP contribution is 2.24. The third-order valence-electron chi connectivity index (χ3n) is 4.44. The molecule has 150 valence electrons. The van der Waals surface area contributed by atoms with Crippen molar-refractivity contribution in [2.45, 2.75) is 13.2 Å². The van der Waals surface area contributed by atoms with Crippen LogP contribution in [0.4, 0.5) is 5.69 Å². The summed E-state index contributed by atoms with van der Waals surface area (Å²) < 4.78 is 5.61. The van der Waals surface area contributed by atoms with Gasteiger partial charge in [-0.1, -0.05) is 18.2 Å². The Morgan fingerprint density at radius 3 is 2.70 bits per heavy atom. The number of nitrogens with two attached hydrogens (primary N) is 1. The van der Waals surface area contributed by atoms with Crippen LogP contribution in [0.1, 0.15) is 21.6 Å². The summed E-state index contributed by atoms with van der Waals surface area (Å²) in [6, 6.07) is 14.5. The highest BCUT2D eigenvalue weighted by molar-refractivity contribution is 6.04. The molecule has 3 aromatic heterocycles. The Morgan fingerprint density at radius 1 is 1.07 bits per heavy atom. The average Bonchev–Trinajstić information content (AvgIpc) is 3.34. The van der Waals surface area contributed by atoms with Crippen molar-refractivity contribution in [1.82, 2.24) is 19.9 Å². The Morgan fingerprint density at radius 2 is 2.00 bits per heavy atom. The molecular weight excluding hydrogens is 380 g/mol. The van der Waals surface area contributed by atoms with E-state index in [0.717, 1.165) is 16.8 Å². The number of hydrogen-bond acceptors (Lipinski definition) is 6. The van der Waals surface area contributed by atoms with Gasteiger partial charge in [0.2, 0.25) is 5.88 Å². The number of carbonyl (C=O) groups excluding carboxylic acids is 1. The van der Waals surface area contributed by atoms with E-state index in [4.69, 9.17) is 10.5 Å². The zero-order valence-corrected chi connectivity index (χ0v) is 16.1. The molecule has 0 atom stereocenters. The van der Waals surface area contributed by atoms with E-state index in [9.17, 15) is 4.79 Å². The van der Waals surface area contributed by atoms with Crippen LogP contribution in [0, 0.1) is 0 Å². The van der Waals surface area contributed by atoms with Gasteiger partial charge in [-0.05, 0) is 29.8 Å². The minimum Gasteiger partial charge on any atom is -0.471 e. The minimum atomic E-state index is -0.287. The summed E-state index contributed by atoms with van der Waals surface area (Å²) in [6.45, 7) is 0.603. The molecule has 0 saturated heterocycles. The second-order valence-corrected chi connectivity index (χ2v) is 6.46. The maximum absolute atomic E-state index is 12.7. The van der Waals surface area contributed by atoms with Gasteiger partial charge in [-0.15, -0.1) is 0 Å². The first-order valence-electron chi connectivity index (χ1n) is 9.36. The second kappa shape index (κ2) is 8.97. The molecule has 0 spiro atoms. The number of ether oxygens (including phenoxy) is 1. The summed E-state index contributed by atoms with van der Waals surface area (Å²) in [7, 11) is 0. The molecule has 4 N–H and O–H groups in total. The van der Waals surface area contributed by atoms with Gasteiger partial charge < -0.3 is 20.8 Å². The van der Waals surface area contributed by atoms with Crippen molar-refractivity contribution >= 4 is 11.6 Å². The van der Waals surface area contributed by atoms with Crippen molar-refractivity contribution in [1.29, 1.82) is 0 Å². The number of aromatic amines is 1. The number of rotatable bonds is 7. The first kappa shape index (κ1) is 19.3. The molecule has 1 amide bonds. The number of hydrogen-bond donors (Lipinski definition) is 3. The number of benzene rings is 1. The van der Waals surface area contributed by atoms with E-state index in [1.807, 2.05) is 36.4 Å². The van der Waals surface area contributed by atoms with Crippen molar-refractivity contribution in [2.24, 2.45) is 5.73 Å². The van der Waals surface area contributed by atoms with Gasteiger partial charge in [0.05, 0.1) is 11.3 Å². The molecule has 0 bridgehead atoms. The fraction of sp³-hybridized carbons (Fsp3) is 0.0909. The number of amides is 1. The number of aromatic nitrogens is 4. The first-order chi connectivity index (χ1) is 14.7. The number of carbonyl (C=O) groups is 1. The standard InChI is InChI=1S/C22H20N6O2/c23-12-16-5-4-15(21-25-9-10-26-21)11-19(16)28-22(29)17-6-7-20(27-13-17)30-14-18-3-1-2-8-24-18/h1-11,13H,12,14,23H2,(H,25,26)(H,28,29).